The van der Waals surface area contributed by atoms with Crippen molar-refractivity contribution in [1.29, 1.82) is 5.26 Å². The van der Waals surface area contributed by atoms with Crippen molar-refractivity contribution in [2.24, 2.45) is 11.3 Å². The number of anilines is 1. The first-order valence-corrected chi connectivity index (χ1v) is 6.90. The molecule has 1 atom stereocenters. The molecular weight excluding hydrogens is 252 g/mol. The minimum absolute atomic E-state index is 0.0704. The van der Waals surface area contributed by atoms with Crippen LogP contribution in [0.15, 0.2) is 18.2 Å². The number of hydrogen-bond acceptors (Lipinski definition) is 3. The van der Waals surface area contributed by atoms with E-state index < -0.39 is 11.4 Å². The van der Waals surface area contributed by atoms with Gasteiger partial charge in [0.05, 0.1) is 16.7 Å². The highest BCUT2D eigenvalue weighted by Crippen LogP contribution is 2.40. The van der Waals surface area contributed by atoms with Gasteiger partial charge in [0.2, 0.25) is 0 Å². The van der Waals surface area contributed by atoms with Gasteiger partial charge in [-0.1, -0.05) is 19.9 Å². The number of carboxylic acid groups (broad SMARTS) is 1. The fourth-order valence-electron chi connectivity index (χ4n) is 2.95. The highest BCUT2D eigenvalue weighted by atomic mass is 16.4. The van der Waals surface area contributed by atoms with Crippen LogP contribution in [0, 0.1) is 29.6 Å². The minimum Gasteiger partial charge on any atom is -0.481 e. The van der Waals surface area contributed by atoms with E-state index in [0.29, 0.717) is 25.1 Å². The number of carboxylic acids is 1. The van der Waals surface area contributed by atoms with Crippen molar-refractivity contribution in [2.75, 3.05) is 18.0 Å². The molecule has 1 saturated heterocycles. The van der Waals surface area contributed by atoms with Gasteiger partial charge < -0.3 is 10.0 Å². The summed E-state index contributed by atoms with van der Waals surface area (Å²) in [6.45, 7) is 7.01. The van der Waals surface area contributed by atoms with E-state index in [1.807, 2.05) is 43.9 Å². The monoisotopic (exact) mass is 272 g/mol. The van der Waals surface area contributed by atoms with Gasteiger partial charge in [-0.2, -0.15) is 5.26 Å². The molecule has 1 fully saturated rings. The zero-order valence-electron chi connectivity index (χ0n) is 12.2. The zero-order chi connectivity index (χ0) is 14.9. The third kappa shape index (κ3) is 2.24. The average molecular weight is 272 g/mol. The van der Waals surface area contributed by atoms with Crippen molar-refractivity contribution in [2.45, 2.75) is 27.2 Å². The Bertz CT molecular complexity index is 574. The average Bonchev–Trinajstić information content (AvgIpc) is 2.84. The molecule has 1 aliphatic rings. The normalized spacial score (nSPS) is 22.1. The van der Waals surface area contributed by atoms with Crippen LogP contribution in [0.25, 0.3) is 0 Å². The van der Waals surface area contributed by atoms with Crippen LogP contribution in [-0.4, -0.2) is 24.2 Å². The van der Waals surface area contributed by atoms with E-state index in [2.05, 4.69) is 6.07 Å². The quantitative estimate of drug-likeness (QED) is 0.919. The summed E-state index contributed by atoms with van der Waals surface area (Å²) in [7, 11) is 0. The van der Waals surface area contributed by atoms with Crippen LogP contribution in [0.1, 0.15) is 31.4 Å². The Balaban J connectivity index is 2.34. The van der Waals surface area contributed by atoms with Crippen molar-refractivity contribution in [3.63, 3.8) is 0 Å². The Morgan fingerprint density at radius 1 is 1.50 bits per heavy atom. The van der Waals surface area contributed by atoms with Crippen LogP contribution in [0.5, 0.6) is 0 Å². The largest absolute Gasteiger partial charge is 0.481 e. The molecular formula is C16H20N2O2. The molecule has 0 bridgehead atoms. The lowest BCUT2D eigenvalue weighted by Gasteiger charge is -2.29. The first kappa shape index (κ1) is 14.4. The highest BCUT2D eigenvalue weighted by Gasteiger charge is 2.47. The standard InChI is InChI=1S/C16H20N2O2/c1-11(2)16(15(19)20)6-7-18(10-16)14-5-4-12(3)8-13(14)9-17/h4-5,8,11H,6-7,10H2,1-3H3,(H,19,20). The topological polar surface area (TPSA) is 64.3 Å². The Morgan fingerprint density at radius 2 is 2.20 bits per heavy atom. The van der Waals surface area contributed by atoms with Gasteiger partial charge in [0.15, 0.2) is 0 Å². The minimum atomic E-state index is -0.736. The first-order valence-electron chi connectivity index (χ1n) is 6.90. The second kappa shape index (κ2) is 5.16. The number of aryl methyl sites for hydroxylation is 1. The summed E-state index contributed by atoms with van der Waals surface area (Å²) in [5, 5.41) is 18.8. The van der Waals surface area contributed by atoms with Crippen LogP contribution in [0.2, 0.25) is 0 Å². The molecule has 0 saturated carbocycles. The number of hydrogen-bond donors (Lipinski definition) is 1. The van der Waals surface area contributed by atoms with Crippen molar-refractivity contribution in [3.05, 3.63) is 29.3 Å². The second-order valence-electron chi connectivity index (χ2n) is 5.92. The molecule has 2 rings (SSSR count). The summed E-state index contributed by atoms with van der Waals surface area (Å²) in [6.07, 6.45) is 0.624. The number of rotatable bonds is 3. The van der Waals surface area contributed by atoms with E-state index >= 15 is 0 Å². The lowest BCUT2D eigenvalue weighted by molar-refractivity contribution is -0.150. The second-order valence-corrected chi connectivity index (χ2v) is 5.92. The van der Waals surface area contributed by atoms with Gasteiger partial charge in [-0.15, -0.1) is 0 Å². The van der Waals surface area contributed by atoms with Crippen LogP contribution in [0.4, 0.5) is 5.69 Å². The molecule has 1 N–H and O–H groups in total. The van der Waals surface area contributed by atoms with Gasteiger partial charge in [-0.05, 0) is 37.0 Å². The number of aliphatic carboxylic acids is 1. The molecule has 1 aromatic carbocycles. The van der Waals surface area contributed by atoms with Gasteiger partial charge in [0, 0.05) is 13.1 Å². The SMILES string of the molecule is Cc1ccc(N2CCC(C(=O)O)(C(C)C)C2)c(C#N)c1. The Hall–Kier alpha value is -2.02. The zero-order valence-corrected chi connectivity index (χ0v) is 12.2. The van der Waals surface area contributed by atoms with Crippen LogP contribution in [0.3, 0.4) is 0 Å². The first-order chi connectivity index (χ1) is 9.40. The maximum Gasteiger partial charge on any atom is 0.311 e. The summed E-state index contributed by atoms with van der Waals surface area (Å²) in [4.78, 5) is 13.7. The third-order valence-corrected chi connectivity index (χ3v) is 4.45. The smallest absolute Gasteiger partial charge is 0.311 e. The van der Waals surface area contributed by atoms with Crippen molar-refractivity contribution < 1.29 is 9.90 Å². The van der Waals surface area contributed by atoms with E-state index in [-0.39, 0.29) is 5.92 Å². The molecule has 0 radical (unpaired) electrons. The van der Waals surface area contributed by atoms with Crippen molar-refractivity contribution in [3.8, 4) is 6.07 Å². The lowest BCUT2D eigenvalue weighted by Crippen LogP contribution is -2.39. The predicted octanol–water partition coefficient (Wildman–Crippen LogP) is 2.80. The fraction of sp³-hybridized carbons (Fsp3) is 0.500. The van der Waals surface area contributed by atoms with Gasteiger partial charge in [-0.3, -0.25) is 4.79 Å². The van der Waals surface area contributed by atoms with Crippen LogP contribution >= 0.6 is 0 Å². The molecule has 1 aliphatic heterocycles. The van der Waals surface area contributed by atoms with Gasteiger partial charge in [0.1, 0.15) is 6.07 Å². The Labute approximate surface area is 119 Å². The number of nitrogens with zero attached hydrogens (tertiary/aromatic N) is 2. The van der Waals surface area contributed by atoms with Crippen LogP contribution in [-0.2, 0) is 4.79 Å². The number of nitriles is 1. The van der Waals surface area contributed by atoms with E-state index in [1.54, 1.807) is 0 Å². The predicted molar refractivity (Wildman–Crippen MR) is 77.6 cm³/mol. The molecule has 0 amide bonds. The molecule has 1 aromatic rings. The van der Waals surface area contributed by atoms with Crippen molar-refractivity contribution >= 4 is 11.7 Å². The molecule has 106 valence electrons. The van der Waals surface area contributed by atoms with Gasteiger partial charge >= 0.3 is 5.97 Å². The van der Waals surface area contributed by atoms with Gasteiger partial charge in [0.25, 0.3) is 0 Å². The molecule has 0 spiro atoms. The Morgan fingerprint density at radius 3 is 2.70 bits per heavy atom. The molecule has 4 heteroatoms. The van der Waals surface area contributed by atoms with E-state index in [1.165, 1.54) is 0 Å². The summed E-state index contributed by atoms with van der Waals surface area (Å²) in [5.74, 6) is -0.665. The van der Waals surface area contributed by atoms with Gasteiger partial charge in [-0.25, -0.2) is 0 Å². The van der Waals surface area contributed by atoms with E-state index in [9.17, 15) is 15.2 Å². The number of benzene rings is 1. The summed E-state index contributed by atoms with van der Waals surface area (Å²) in [5.41, 5.74) is 1.80. The van der Waals surface area contributed by atoms with E-state index in [4.69, 9.17) is 0 Å². The summed E-state index contributed by atoms with van der Waals surface area (Å²) < 4.78 is 0. The third-order valence-electron chi connectivity index (χ3n) is 4.45. The molecule has 0 aliphatic carbocycles. The maximum atomic E-state index is 11.7. The molecule has 1 heterocycles. The maximum absolute atomic E-state index is 11.7. The number of carbonyl (C=O) groups is 1. The summed E-state index contributed by atoms with van der Waals surface area (Å²) in [6, 6.07) is 7.95. The molecule has 1 unspecified atom stereocenters. The summed E-state index contributed by atoms with van der Waals surface area (Å²) >= 11 is 0. The van der Waals surface area contributed by atoms with E-state index in [0.717, 1.165) is 11.3 Å². The molecule has 4 nitrogen and oxygen atoms in total. The molecule has 20 heavy (non-hydrogen) atoms. The van der Waals surface area contributed by atoms with Crippen molar-refractivity contribution in [1.82, 2.24) is 0 Å². The Kier molecular flexibility index (Phi) is 3.71. The lowest BCUT2D eigenvalue weighted by atomic mass is 9.76. The fourth-order valence-corrected chi connectivity index (χ4v) is 2.95. The molecule has 0 aromatic heterocycles. The van der Waals surface area contributed by atoms with Crippen LogP contribution < -0.4 is 4.90 Å². The highest BCUT2D eigenvalue weighted by molar-refractivity contribution is 5.77.